The summed E-state index contributed by atoms with van der Waals surface area (Å²) in [5, 5.41) is 12.6. The second kappa shape index (κ2) is 8.91. The number of carbonyl (C=O) groups is 2. The van der Waals surface area contributed by atoms with Gasteiger partial charge in [-0.25, -0.2) is 9.78 Å². The van der Waals surface area contributed by atoms with Gasteiger partial charge < -0.3 is 20.7 Å². The lowest BCUT2D eigenvalue weighted by molar-refractivity contribution is 0.0696. The number of primary amides is 1. The number of nitrogens with zero attached hydrogens (tertiary/aromatic N) is 2. The van der Waals surface area contributed by atoms with Gasteiger partial charge in [-0.05, 0) is 61.9 Å². The van der Waals surface area contributed by atoms with Gasteiger partial charge in [-0.2, -0.15) is 0 Å². The third kappa shape index (κ3) is 4.82. The van der Waals surface area contributed by atoms with Crippen molar-refractivity contribution in [3.63, 3.8) is 0 Å². The number of aromatic nitrogens is 2. The zero-order valence-electron chi connectivity index (χ0n) is 16.7. The first-order chi connectivity index (χ1) is 14.3. The average Bonchev–Trinajstić information content (AvgIpc) is 3.27. The van der Waals surface area contributed by atoms with E-state index in [1.54, 1.807) is 55.0 Å². The molecule has 0 unspecified atom stereocenters. The van der Waals surface area contributed by atoms with Crippen molar-refractivity contribution in [3.05, 3.63) is 90.0 Å². The molecule has 3 aromatic rings. The number of nitrogens with two attached hydrogens (primary N) is 1. The van der Waals surface area contributed by atoms with Gasteiger partial charge >= 0.3 is 5.97 Å². The molecule has 152 valence electrons. The summed E-state index contributed by atoms with van der Waals surface area (Å²) in [6, 6.07) is 11.6. The van der Waals surface area contributed by atoms with Gasteiger partial charge in [-0.1, -0.05) is 12.1 Å². The molecule has 7 heteroatoms. The van der Waals surface area contributed by atoms with Crippen LogP contribution in [0.5, 0.6) is 0 Å². The monoisotopic (exact) mass is 402 g/mol. The predicted octanol–water partition coefficient (Wildman–Crippen LogP) is 4.39. The Morgan fingerprint density at radius 2 is 1.77 bits per heavy atom. The highest BCUT2D eigenvalue weighted by Crippen LogP contribution is 2.29. The fraction of sp³-hybridized carbons (Fsp3) is 0.0870. The van der Waals surface area contributed by atoms with E-state index in [-0.39, 0.29) is 5.56 Å². The lowest BCUT2D eigenvalue weighted by Crippen LogP contribution is -2.10. The summed E-state index contributed by atoms with van der Waals surface area (Å²) in [5.74, 6) is -1.51. The molecule has 7 nitrogen and oxygen atoms in total. The Labute approximate surface area is 174 Å². The van der Waals surface area contributed by atoms with Crippen molar-refractivity contribution in [1.82, 2.24) is 9.55 Å². The van der Waals surface area contributed by atoms with Crippen LogP contribution in [-0.4, -0.2) is 26.5 Å². The standard InChI is InChI=1S/C23H22N4O3/c1-15(3-4-16(2)27-12-11-25-14-27)20-10-7-18(23(29)30)13-21(20)26-19-8-5-17(6-9-19)22(24)28/h3-14,26H,1-2H3,(H2,24,28)(H,29,30)/b15-3+,16-4+. The van der Waals surface area contributed by atoms with Crippen LogP contribution in [0.15, 0.2) is 73.3 Å². The van der Waals surface area contributed by atoms with Crippen LogP contribution in [0.1, 0.15) is 40.1 Å². The molecule has 30 heavy (non-hydrogen) atoms. The molecule has 0 radical (unpaired) electrons. The highest BCUT2D eigenvalue weighted by Gasteiger charge is 2.11. The molecular formula is C23H22N4O3. The summed E-state index contributed by atoms with van der Waals surface area (Å²) in [4.78, 5) is 26.7. The molecule has 0 saturated heterocycles. The fourth-order valence-electron chi connectivity index (χ4n) is 2.89. The highest BCUT2D eigenvalue weighted by molar-refractivity contribution is 5.94. The quantitative estimate of drug-likeness (QED) is 0.508. The number of imidazole rings is 1. The summed E-state index contributed by atoms with van der Waals surface area (Å²) in [5.41, 5.74) is 10.0. The SMILES string of the molecule is C/C(=C\C=C(/C)n1ccnc1)c1ccc(C(=O)O)cc1Nc1ccc(C(N)=O)cc1. The van der Waals surface area contributed by atoms with Gasteiger partial charge in [0.1, 0.15) is 0 Å². The number of anilines is 2. The third-order valence-electron chi connectivity index (χ3n) is 4.63. The van der Waals surface area contributed by atoms with Crippen molar-refractivity contribution in [1.29, 1.82) is 0 Å². The molecule has 0 bridgehead atoms. The second-order valence-electron chi connectivity index (χ2n) is 6.76. The molecule has 1 aromatic heterocycles. The summed E-state index contributed by atoms with van der Waals surface area (Å²) in [6.45, 7) is 3.92. The summed E-state index contributed by atoms with van der Waals surface area (Å²) in [7, 11) is 0. The summed E-state index contributed by atoms with van der Waals surface area (Å²) in [6.07, 6.45) is 9.23. The molecule has 0 aliphatic carbocycles. The van der Waals surface area contributed by atoms with Crippen molar-refractivity contribution in [2.75, 3.05) is 5.32 Å². The Morgan fingerprint density at radius 1 is 1.07 bits per heavy atom. The Hall–Kier alpha value is -4.13. The van der Waals surface area contributed by atoms with Crippen LogP contribution in [0.4, 0.5) is 11.4 Å². The van der Waals surface area contributed by atoms with Crippen LogP contribution in [0.2, 0.25) is 0 Å². The number of benzene rings is 2. The van der Waals surface area contributed by atoms with E-state index in [1.165, 1.54) is 0 Å². The smallest absolute Gasteiger partial charge is 0.335 e. The van der Waals surface area contributed by atoms with Crippen LogP contribution < -0.4 is 11.1 Å². The zero-order chi connectivity index (χ0) is 21.7. The van der Waals surface area contributed by atoms with Gasteiger partial charge in [0.25, 0.3) is 0 Å². The number of nitrogens with one attached hydrogen (secondary N) is 1. The van der Waals surface area contributed by atoms with E-state index < -0.39 is 11.9 Å². The number of hydrogen-bond donors (Lipinski definition) is 3. The number of rotatable bonds is 7. The number of amides is 1. The molecule has 0 spiro atoms. The Morgan fingerprint density at radius 3 is 2.37 bits per heavy atom. The van der Waals surface area contributed by atoms with E-state index in [4.69, 9.17) is 5.73 Å². The molecule has 4 N–H and O–H groups in total. The topological polar surface area (TPSA) is 110 Å². The van der Waals surface area contributed by atoms with Gasteiger partial charge in [0.05, 0.1) is 11.9 Å². The zero-order valence-corrected chi connectivity index (χ0v) is 16.7. The van der Waals surface area contributed by atoms with E-state index >= 15 is 0 Å². The number of hydrogen-bond acceptors (Lipinski definition) is 4. The number of carboxylic acids is 1. The van der Waals surface area contributed by atoms with Gasteiger partial charge in [0, 0.05) is 40.6 Å². The Bertz CT molecular complexity index is 1130. The van der Waals surface area contributed by atoms with Gasteiger partial charge in [0.15, 0.2) is 0 Å². The van der Waals surface area contributed by atoms with Crippen LogP contribution in [0.3, 0.4) is 0 Å². The number of carbonyl (C=O) groups excluding carboxylic acids is 1. The number of allylic oxidation sites excluding steroid dienone is 4. The lowest BCUT2D eigenvalue weighted by atomic mass is 10.0. The van der Waals surface area contributed by atoms with E-state index in [9.17, 15) is 14.7 Å². The molecule has 3 rings (SSSR count). The Kier molecular flexibility index (Phi) is 6.12. The highest BCUT2D eigenvalue weighted by atomic mass is 16.4. The molecule has 2 aromatic carbocycles. The molecule has 0 aliphatic rings. The molecule has 0 saturated carbocycles. The first-order valence-corrected chi connectivity index (χ1v) is 9.23. The lowest BCUT2D eigenvalue weighted by Gasteiger charge is -2.14. The van der Waals surface area contributed by atoms with Gasteiger partial charge in [-0.15, -0.1) is 0 Å². The van der Waals surface area contributed by atoms with Crippen LogP contribution in [0, 0.1) is 0 Å². The minimum absolute atomic E-state index is 0.174. The normalized spacial score (nSPS) is 11.9. The largest absolute Gasteiger partial charge is 0.478 e. The number of carboxylic acid groups (broad SMARTS) is 1. The summed E-state index contributed by atoms with van der Waals surface area (Å²) < 4.78 is 1.90. The van der Waals surface area contributed by atoms with Gasteiger partial charge in [0.2, 0.25) is 5.91 Å². The van der Waals surface area contributed by atoms with Gasteiger partial charge in [-0.3, -0.25) is 4.79 Å². The maximum absolute atomic E-state index is 11.4. The van der Waals surface area contributed by atoms with E-state index in [0.29, 0.717) is 16.9 Å². The first-order valence-electron chi connectivity index (χ1n) is 9.23. The van der Waals surface area contributed by atoms with Crippen molar-refractivity contribution in [3.8, 4) is 0 Å². The molecule has 1 amide bonds. The minimum Gasteiger partial charge on any atom is -0.478 e. The molecule has 0 fully saturated rings. The molecular weight excluding hydrogens is 380 g/mol. The molecule has 0 aliphatic heterocycles. The predicted molar refractivity (Wildman–Crippen MR) is 117 cm³/mol. The van der Waals surface area contributed by atoms with E-state index in [0.717, 1.165) is 16.8 Å². The van der Waals surface area contributed by atoms with Crippen molar-refractivity contribution in [2.24, 2.45) is 5.73 Å². The van der Waals surface area contributed by atoms with Crippen molar-refractivity contribution < 1.29 is 14.7 Å². The maximum Gasteiger partial charge on any atom is 0.335 e. The third-order valence-corrected chi connectivity index (χ3v) is 4.63. The van der Waals surface area contributed by atoms with E-state index in [2.05, 4.69) is 10.3 Å². The molecule has 0 atom stereocenters. The first kappa shape index (κ1) is 20.6. The minimum atomic E-state index is -1.01. The maximum atomic E-state index is 11.4. The van der Waals surface area contributed by atoms with Crippen molar-refractivity contribution in [2.45, 2.75) is 13.8 Å². The van der Waals surface area contributed by atoms with Crippen LogP contribution in [0.25, 0.3) is 11.3 Å². The molecule has 1 heterocycles. The van der Waals surface area contributed by atoms with Crippen molar-refractivity contribution >= 4 is 34.5 Å². The van der Waals surface area contributed by atoms with Crippen LogP contribution in [-0.2, 0) is 0 Å². The Balaban J connectivity index is 1.95. The summed E-state index contributed by atoms with van der Waals surface area (Å²) >= 11 is 0. The van der Waals surface area contributed by atoms with Crippen LogP contribution >= 0.6 is 0 Å². The fourth-order valence-corrected chi connectivity index (χ4v) is 2.89. The second-order valence-corrected chi connectivity index (χ2v) is 6.76. The van der Waals surface area contributed by atoms with E-state index in [1.807, 2.05) is 36.8 Å². The average molecular weight is 402 g/mol. The number of aromatic carboxylic acids is 1.